The quantitative estimate of drug-likeness (QED) is 0.627. The Labute approximate surface area is 104 Å². The van der Waals surface area contributed by atoms with Gasteiger partial charge in [-0.1, -0.05) is 6.08 Å². The van der Waals surface area contributed by atoms with E-state index in [1.165, 1.54) is 6.92 Å². The monoisotopic (exact) mass is 255 g/mol. The molecule has 0 aliphatic rings. The van der Waals surface area contributed by atoms with Gasteiger partial charge in [0.1, 0.15) is 17.7 Å². The van der Waals surface area contributed by atoms with Crippen LogP contribution < -0.4 is 5.32 Å². The van der Waals surface area contributed by atoms with Crippen molar-refractivity contribution < 1.29 is 18.3 Å². The SMILES string of the molecule is C=CCCOC(C)C(=O)Nc1cc(F)ccc1F. The largest absolute Gasteiger partial charge is 0.368 e. The Morgan fingerprint density at radius 1 is 1.56 bits per heavy atom. The maximum Gasteiger partial charge on any atom is 0.253 e. The summed E-state index contributed by atoms with van der Waals surface area (Å²) < 4.78 is 31.3. The number of halogens is 2. The summed E-state index contributed by atoms with van der Waals surface area (Å²) in [4.78, 5) is 11.6. The molecule has 1 rings (SSSR count). The van der Waals surface area contributed by atoms with Gasteiger partial charge in [0.25, 0.3) is 5.91 Å². The zero-order valence-corrected chi connectivity index (χ0v) is 10.1. The summed E-state index contributed by atoms with van der Waals surface area (Å²) in [6, 6.07) is 2.85. The predicted octanol–water partition coefficient (Wildman–Crippen LogP) is 2.88. The lowest BCUT2D eigenvalue weighted by Gasteiger charge is -2.13. The van der Waals surface area contributed by atoms with E-state index in [0.717, 1.165) is 18.2 Å². The van der Waals surface area contributed by atoms with Gasteiger partial charge < -0.3 is 10.1 Å². The summed E-state index contributed by atoms with van der Waals surface area (Å²) in [5.74, 6) is -1.83. The van der Waals surface area contributed by atoms with Crippen LogP contribution in [0.5, 0.6) is 0 Å². The molecule has 18 heavy (non-hydrogen) atoms. The number of carbonyl (C=O) groups excluding carboxylic acids is 1. The number of ether oxygens (including phenoxy) is 1. The molecule has 1 atom stereocenters. The molecule has 0 saturated heterocycles. The van der Waals surface area contributed by atoms with Crippen molar-refractivity contribution in [1.82, 2.24) is 0 Å². The van der Waals surface area contributed by atoms with Gasteiger partial charge in [-0.15, -0.1) is 6.58 Å². The molecule has 3 nitrogen and oxygen atoms in total. The molecule has 0 aliphatic heterocycles. The lowest BCUT2D eigenvalue weighted by molar-refractivity contribution is -0.126. The third-order valence-corrected chi connectivity index (χ3v) is 2.25. The summed E-state index contributed by atoms with van der Waals surface area (Å²) in [5, 5.41) is 2.27. The molecule has 0 bridgehead atoms. The molecule has 1 amide bonds. The van der Waals surface area contributed by atoms with Gasteiger partial charge in [0.2, 0.25) is 0 Å². The van der Waals surface area contributed by atoms with Crippen molar-refractivity contribution in [3.63, 3.8) is 0 Å². The van der Waals surface area contributed by atoms with Crippen LogP contribution in [0.4, 0.5) is 14.5 Å². The first kappa shape index (κ1) is 14.3. The summed E-state index contributed by atoms with van der Waals surface area (Å²) in [6.07, 6.45) is 1.54. The van der Waals surface area contributed by atoms with Gasteiger partial charge in [0, 0.05) is 6.07 Å². The van der Waals surface area contributed by atoms with Crippen molar-refractivity contribution in [3.8, 4) is 0 Å². The van der Waals surface area contributed by atoms with Crippen LogP contribution in [-0.2, 0) is 9.53 Å². The molecule has 1 N–H and O–H groups in total. The van der Waals surface area contributed by atoms with Crippen LogP contribution in [-0.4, -0.2) is 18.6 Å². The Bertz CT molecular complexity index is 435. The molecule has 5 heteroatoms. The standard InChI is InChI=1S/C13H15F2NO2/c1-3-4-7-18-9(2)13(17)16-12-8-10(14)5-6-11(12)15/h3,5-6,8-9H,1,4,7H2,2H3,(H,16,17). The van der Waals surface area contributed by atoms with Crippen molar-refractivity contribution in [2.75, 3.05) is 11.9 Å². The highest BCUT2D eigenvalue weighted by atomic mass is 19.1. The number of amides is 1. The number of anilines is 1. The normalized spacial score (nSPS) is 11.9. The fourth-order valence-electron chi connectivity index (χ4n) is 1.23. The second-order valence-corrected chi connectivity index (χ2v) is 3.70. The minimum atomic E-state index is -0.743. The van der Waals surface area contributed by atoms with E-state index in [-0.39, 0.29) is 5.69 Å². The second kappa shape index (κ2) is 6.86. The van der Waals surface area contributed by atoms with Crippen LogP contribution >= 0.6 is 0 Å². The van der Waals surface area contributed by atoms with E-state index in [9.17, 15) is 13.6 Å². The Balaban J connectivity index is 2.58. The van der Waals surface area contributed by atoms with E-state index >= 15 is 0 Å². The molecular weight excluding hydrogens is 240 g/mol. The summed E-state index contributed by atoms with van der Waals surface area (Å²) in [7, 11) is 0. The molecule has 0 spiro atoms. The van der Waals surface area contributed by atoms with Crippen molar-refractivity contribution in [2.45, 2.75) is 19.4 Å². The molecule has 0 heterocycles. The van der Waals surface area contributed by atoms with E-state index in [4.69, 9.17) is 4.74 Å². The summed E-state index contributed by atoms with van der Waals surface area (Å²) in [5.41, 5.74) is -0.195. The van der Waals surface area contributed by atoms with Gasteiger partial charge in [-0.2, -0.15) is 0 Å². The van der Waals surface area contributed by atoms with Gasteiger partial charge in [-0.25, -0.2) is 8.78 Å². The molecule has 0 aliphatic carbocycles. The third-order valence-electron chi connectivity index (χ3n) is 2.25. The first-order chi connectivity index (χ1) is 8.54. The number of hydrogen-bond donors (Lipinski definition) is 1. The van der Waals surface area contributed by atoms with Gasteiger partial charge >= 0.3 is 0 Å². The Morgan fingerprint density at radius 2 is 2.28 bits per heavy atom. The number of nitrogens with one attached hydrogen (secondary N) is 1. The van der Waals surface area contributed by atoms with E-state index in [2.05, 4.69) is 11.9 Å². The van der Waals surface area contributed by atoms with E-state index in [0.29, 0.717) is 13.0 Å². The van der Waals surface area contributed by atoms with Crippen molar-refractivity contribution in [3.05, 3.63) is 42.5 Å². The summed E-state index contributed by atoms with van der Waals surface area (Å²) in [6.45, 7) is 5.41. The Kier molecular flexibility index (Phi) is 5.45. The number of rotatable bonds is 6. The molecule has 98 valence electrons. The molecule has 0 saturated carbocycles. The average Bonchev–Trinajstić information content (AvgIpc) is 2.34. The number of hydrogen-bond acceptors (Lipinski definition) is 2. The van der Waals surface area contributed by atoms with Crippen molar-refractivity contribution in [2.24, 2.45) is 0 Å². The van der Waals surface area contributed by atoms with Crippen molar-refractivity contribution >= 4 is 11.6 Å². The number of benzene rings is 1. The van der Waals surface area contributed by atoms with Gasteiger partial charge in [0.15, 0.2) is 0 Å². The highest BCUT2D eigenvalue weighted by molar-refractivity contribution is 5.93. The van der Waals surface area contributed by atoms with Crippen LogP contribution in [0, 0.1) is 11.6 Å². The summed E-state index contributed by atoms with van der Waals surface area (Å²) >= 11 is 0. The van der Waals surface area contributed by atoms with Gasteiger partial charge in [0.05, 0.1) is 12.3 Å². The first-order valence-corrected chi connectivity index (χ1v) is 5.53. The average molecular weight is 255 g/mol. The maximum atomic E-state index is 13.3. The Morgan fingerprint density at radius 3 is 2.94 bits per heavy atom. The Hall–Kier alpha value is -1.75. The maximum absolute atomic E-state index is 13.3. The lowest BCUT2D eigenvalue weighted by Crippen LogP contribution is -2.28. The molecule has 0 fully saturated rings. The zero-order chi connectivity index (χ0) is 13.5. The smallest absolute Gasteiger partial charge is 0.253 e. The lowest BCUT2D eigenvalue weighted by atomic mass is 10.2. The van der Waals surface area contributed by atoms with Crippen LogP contribution in [0.1, 0.15) is 13.3 Å². The molecule has 0 aromatic heterocycles. The highest BCUT2D eigenvalue weighted by Gasteiger charge is 2.15. The minimum absolute atomic E-state index is 0.195. The van der Waals surface area contributed by atoms with Crippen LogP contribution in [0.25, 0.3) is 0 Å². The minimum Gasteiger partial charge on any atom is -0.368 e. The van der Waals surface area contributed by atoms with Crippen LogP contribution in [0.2, 0.25) is 0 Å². The molecular formula is C13H15F2NO2. The fourth-order valence-corrected chi connectivity index (χ4v) is 1.23. The topological polar surface area (TPSA) is 38.3 Å². The van der Waals surface area contributed by atoms with Gasteiger partial charge in [-0.05, 0) is 25.5 Å². The molecule has 0 radical (unpaired) electrons. The molecule has 1 unspecified atom stereocenters. The van der Waals surface area contributed by atoms with Crippen LogP contribution in [0.3, 0.4) is 0 Å². The zero-order valence-electron chi connectivity index (χ0n) is 10.1. The fraction of sp³-hybridized carbons (Fsp3) is 0.308. The van der Waals surface area contributed by atoms with Crippen molar-refractivity contribution in [1.29, 1.82) is 0 Å². The molecule has 1 aromatic carbocycles. The first-order valence-electron chi connectivity index (χ1n) is 5.53. The van der Waals surface area contributed by atoms with E-state index in [1.807, 2.05) is 0 Å². The highest BCUT2D eigenvalue weighted by Crippen LogP contribution is 2.15. The van der Waals surface area contributed by atoms with Gasteiger partial charge in [-0.3, -0.25) is 4.79 Å². The predicted molar refractivity (Wildman–Crippen MR) is 65.2 cm³/mol. The van der Waals surface area contributed by atoms with Crippen LogP contribution in [0.15, 0.2) is 30.9 Å². The van der Waals surface area contributed by atoms with E-state index < -0.39 is 23.6 Å². The number of carbonyl (C=O) groups is 1. The molecule has 1 aromatic rings. The second-order valence-electron chi connectivity index (χ2n) is 3.70. The third kappa shape index (κ3) is 4.25. The van der Waals surface area contributed by atoms with E-state index in [1.54, 1.807) is 6.08 Å².